The summed E-state index contributed by atoms with van der Waals surface area (Å²) in [7, 11) is 0. The molecule has 116 valence electrons. The Balaban J connectivity index is 1.71. The Morgan fingerprint density at radius 3 is 3.09 bits per heavy atom. The van der Waals surface area contributed by atoms with Gasteiger partial charge in [-0.3, -0.25) is 14.7 Å². The van der Waals surface area contributed by atoms with E-state index in [2.05, 4.69) is 15.5 Å². The number of fused-ring (bicyclic) bond motifs is 1. The Hall–Kier alpha value is -2.57. The van der Waals surface area contributed by atoms with Crippen LogP contribution in [0.1, 0.15) is 40.9 Å². The number of carbonyl (C=O) groups excluding carboxylic acids is 2. The molecule has 7 nitrogen and oxygen atoms in total. The molecule has 2 N–H and O–H groups in total. The average molecular weight is 302 g/mol. The number of furan rings is 1. The number of nitrogens with one attached hydrogen (secondary N) is 2. The molecule has 0 spiro atoms. The predicted molar refractivity (Wildman–Crippen MR) is 77.9 cm³/mol. The van der Waals surface area contributed by atoms with Crippen LogP contribution in [0.25, 0.3) is 0 Å². The first kappa shape index (κ1) is 14.4. The van der Waals surface area contributed by atoms with Gasteiger partial charge in [0.25, 0.3) is 5.91 Å². The predicted octanol–water partition coefficient (Wildman–Crippen LogP) is 1.23. The minimum atomic E-state index is -0.264. The number of aromatic amines is 1. The lowest BCUT2D eigenvalue weighted by Gasteiger charge is -2.26. The standard InChI is InChI=1S/C15H18N4O3/c1-2-13(20)19-6-5-12-11(9-19)14(18-17-12)15(21)16-8-10-4-3-7-22-10/h3-4,7H,2,5-6,8-9H2,1H3,(H,16,21)(H,17,18). The smallest absolute Gasteiger partial charge is 0.272 e. The molecule has 0 saturated heterocycles. The molecule has 0 bridgehead atoms. The molecule has 22 heavy (non-hydrogen) atoms. The van der Waals surface area contributed by atoms with Crippen molar-refractivity contribution in [2.45, 2.75) is 32.9 Å². The average Bonchev–Trinajstić information content (AvgIpc) is 3.20. The highest BCUT2D eigenvalue weighted by atomic mass is 16.3. The van der Waals surface area contributed by atoms with Gasteiger partial charge in [-0.1, -0.05) is 6.92 Å². The number of carbonyl (C=O) groups is 2. The van der Waals surface area contributed by atoms with E-state index in [0.717, 1.165) is 11.3 Å². The third kappa shape index (κ3) is 2.74. The van der Waals surface area contributed by atoms with Crippen molar-refractivity contribution in [3.05, 3.63) is 41.1 Å². The van der Waals surface area contributed by atoms with Crippen molar-refractivity contribution in [2.24, 2.45) is 0 Å². The van der Waals surface area contributed by atoms with E-state index in [9.17, 15) is 9.59 Å². The number of hydrogen-bond donors (Lipinski definition) is 2. The monoisotopic (exact) mass is 302 g/mol. The van der Waals surface area contributed by atoms with Crippen molar-refractivity contribution < 1.29 is 14.0 Å². The van der Waals surface area contributed by atoms with Crippen molar-refractivity contribution in [1.82, 2.24) is 20.4 Å². The first-order valence-corrected chi connectivity index (χ1v) is 7.33. The molecular weight excluding hydrogens is 284 g/mol. The summed E-state index contributed by atoms with van der Waals surface area (Å²) in [4.78, 5) is 25.9. The highest BCUT2D eigenvalue weighted by Crippen LogP contribution is 2.21. The number of amides is 2. The van der Waals surface area contributed by atoms with Crippen LogP contribution in [0, 0.1) is 0 Å². The number of aromatic nitrogens is 2. The third-order valence-electron chi connectivity index (χ3n) is 3.81. The van der Waals surface area contributed by atoms with Crippen LogP contribution in [0.3, 0.4) is 0 Å². The maximum absolute atomic E-state index is 12.3. The fraction of sp³-hybridized carbons (Fsp3) is 0.400. The summed E-state index contributed by atoms with van der Waals surface area (Å²) >= 11 is 0. The Labute approximate surface area is 127 Å². The zero-order chi connectivity index (χ0) is 15.5. The van der Waals surface area contributed by atoms with Gasteiger partial charge < -0.3 is 14.6 Å². The van der Waals surface area contributed by atoms with Crippen molar-refractivity contribution in [3.8, 4) is 0 Å². The second-order valence-electron chi connectivity index (χ2n) is 5.21. The summed E-state index contributed by atoms with van der Waals surface area (Å²) in [6.45, 7) is 3.24. The van der Waals surface area contributed by atoms with E-state index in [0.29, 0.717) is 43.9 Å². The molecule has 0 aromatic carbocycles. The Morgan fingerprint density at radius 2 is 2.36 bits per heavy atom. The van der Waals surface area contributed by atoms with E-state index in [1.807, 2.05) is 6.92 Å². The first-order valence-electron chi connectivity index (χ1n) is 7.33. The summed E-state index contributed by atoms with van der Waals surface area (Å²) in [6, 6.07) is 3.56. The Kier molecular flexibility index (Phi) is 3.95. The normalized spacial score (nSPS) is 13.8. The van der Waals surface area contributed by atoms with Crippen LogP contribution in [0.4, 0.5) is 0 Å². The van der Waals surface area contributed by atoms with Gasteiger partial charge in [-0.15, -0.1) is 0 Å². The molecule has 1 aliphatic rings. The van der Waals surface area contributed by atoms with E-state index < -0.39 is 0 Å². The second kappa shape index (κ2) is 6.05. The Morgan fingerprint density at radius 1 is 1.50 bits per heavy atom. The fourth-order valence-electron chi connectivity index (χ4n) is 2.58. The summed E-state index contributed by atoms with van der Waals surface area (Å²) in [5, 5.41) is 9.79. The molecule has 0 radical (unpaired) electrons. The lowest BCUT2D eigenvalue weighted by atomic mass is 10.0. The van der Waals surface area contributed by atoms with E-state index in [1.165, 1.54) is 0 Å². The number of nitrogens with zero attached hydrogens (tertiary/aromatic N) is 2. The lowest BCUT2D eigenvalue weighted by Crippen LogP contribution is -2.36. The van der Waals surface area contributed by atoms with Crippen LogP contribution in [-0.4, -0.2) is 33.5 Å². The van der Waals surface area contributed by atoms with Gasteiger partial charge in [0, 0.05) is 37.2 Å². The lowest BCUT2D eigenvalue weighted by molar-refractivity contribution is -0.131. The van der Waals surface area contributed by atoms with Crippen LogP contribution in [0.2, 0.25) is 0 Å². The molecule has 0 atom stereocenters. The molecule has 2 aromatic heterocycles. The van der Waals surface area contributed by atoms with Gasteiger partial charge in [0.1, 0.15) is 5.76 Å². The van der Waals surface area contributed by atoms with Gasteiger partial charge in [-0.25, -0.2) is 0 Å². The van der Waals surface area contributed by atoms with Gasteiger partial charge in [-0.05, 0) is 12.1 Å². The molecule has 7 heteroatoms. The van der Waals surface area contributed by atoms with Crippen molar-refractivity contribution >= 4 is 11.8 Å². The van der Waals surface area contributed by atoms with Gasteiger partial charge in [0.2, 0.25) is 5.91 Å². The maximum atomic E-state index is 12.3. The highest BCUT2D eigenvalue weighted by molar-refractivity contribution is 5.94. The molecule has 0 unspecified atom stereocenters. The van der Waals surface area contributed by atoms with Crippen molar-refractivity contribution in [3.63, 3.8) is 0 Å². The van der Waals surface area contributed by atoms with Gasteiger partial charge in [-0.2, -0.15) is 5.10 Å². The zero-order valence-electron chi connectivity index (χ0n) is 12.4. The topological polar surface area (TPSA) is 91.2 Å². The number of hydrogen-bond acceptors (Lipinski definition) is 4. The van der Waals surface area contributed by atoms with Crippen LogP contribution in [0.5, 0.6) is 0 Å². The molecule has 2 aromatic rings. The van der Waals surface area contributed by atoms with Crippen LogP contribution in [-0.2, 0) is 24.3 Å². The van der Waals surface area contributed by atoms with Gasteiger partial charge in [0.15, 0.2) is 5.69 Å². The van der Waals surface area contributed by atoms with E-state index in [-0.39, 0.29) is 11.8 Å². The third-order valence-corrected chi connectivity index (χ3v) is 3.81. The summed E-state index contributed by atoms with van der Waals surface area (Å²) < 4.78 is 5.18. The summed E-state index contributed by atoms with van der Waals surface area (Å²) in [6.07, 6.45) is 2.72. The summed E-state index contributed by atoms with van der Waals surface area (Å²) in [5.74, 6) is 0.508. The number of H-pyrrole nitrogens is 1. The minimum Gasteiger partial charge on any atom is -0.467 e. The van der Waals surface area contributed by atoms with E-state index in [4.69, 9.17) is 4.42 Å². The highest BCUT2D eigenvalue weighted by Gasteiger charge is 2.27. The quantitative estimate of drug-likeness (QED) is 0.888. The summed E-state index contributed by atoms with van der Waals surface area (Å²) in [5.41, 5.74) is 2.10. The SMILES string of the molecule is CCC(=O)N1CCc2[nH]nc(C(=O)NCc3ccco3)c2C1. The minimum absolute atomic E-state index is 0.0915. The van der Waals surface area contributed by atoms with Crippen molar-refractivity contribution in [2.75, 3.05) is 6.54 Å². The molecule has 2 amide bonds. The first-order chi connectivity index (χ1) is 10.7. The molecule has 0 saturated carbocycles. The molecule has 3 heterocycles. The number of rotatable bonds is 4. The molecular formula is C15H18N4O3. The van der Waals surface area contributed by atoms with Crippen LogP contribution in [0.15, 0.2) is 22.8 Å². The van der Waals surface area contributed by atoms with Crippen LogP contribution < -0.4 is 5.32 Å². The molecule has 3 rings (SSSR count). The zero-order valence-corrected chi connectivity index (χ0v) is 12.4. The van der Waals surface area contributed by atoms with Crippen LogP contribution >= 0.6 is 0 Å². The molecule has 0 aliphatic carbocycles. The largest absolute Gasteiger partial charge is 0.467 e. The molecule has 0 fully saturated rings. The van der Waals surface area contributed by atoms with E-state index in [1.54, 1.807) is 23.3 Å². The second-order valence-corrected chi connectivity index (χ2v) is 5.21. The Bertz CT molecular complexity index is 675. The molecule has 1 aliphatic heterocycles. The van der Waals surface area contributed by atoms with Gasteiger partial charge in [0.05, 0.1) is 12.8 Å². The maximum Gasteiger partial charge on any atom is 0.272 e. The van der Waals surface area contributed by atoms with E-state index >= 15 is 0 Å². The van der Waals surface area contributed by atoms with Crippen molar-refractivity contribution in [1.29, 1.82) is 0 Å². The fourth-order valence-corrected chi connectivity index (χ4v) is 2.58. The van der Waals surface area contributed by atoms with Gasteiger partial charge >= 0.3 is 0 Å².